The van der Waals surface area contributed by atoms with Gasteiger partial charge in [0.05, 0.1) is 19.1 Å². The minimum absolute atomic E-state index is 0.0352. The maximum Gasteiger partial charge on any atom is 0.328 e. The van der Waals surface area contributed by atoms with Crippen LogP contribution in [-0.4, -0.2) is 93.5 Å². The Hall–Kier alpha value is -2.81. The smallest absolute Gasteiger partial charge is 0.328 e. The van der Waals surface area contributed by atoms with E-state index in [0.717, 1.165) is 0 Å². The van der Waals surface area contributed by atoms with Gasteiger partial charge >= 0.3 is 11.9 Å². The van der Waals surface area contributed by atoms with Crippen LogP contribution in [0.25, 0.3) is 0 Å². The van der Waals surface area contributed by atoms with Gasteiger partial charge in [-0.1, -0.05) is 0 Å². The second-order valence-corrected chi connectivity index (χ2v) is 6.85. The minimum Gasteiger partial charge on any atom is -0.481 e. The zero-order valence-corrected chi connectivity index (χ0v) is 17.1. The molecule has 0 fully saturated rings. The number of aliphatic hydroxyl groups is 2. The van der Waals surface area contributed by atoms with Gasteiger partial charge in [-0.05, 0) is 32.7 Å². The largest absolute Gasteiger partial charge is 0.481 e. The predicted molar refractivity (Wildman–Crippen MR) is 105 cm³/mol. The van der Waals surface area contributed by atoms with E-state index in [2.05, 4.69) is 16.0 Å². The van der Waals surface area contributed by atoms with Crippen LogP contribution in [0.3, 0.4) is 0 Å². The molecule has 0 bridgehead atoms. The number of carboxylic acids is 2. The van der Waals surface area contributed by atoms with E-state index in [1.54, 1.807) is 0 Å². The predicted octanol–water partition coefficient (Wildman–Crippen LogP) is -4.17. The van der Waals surface area contributed by atoms with Crippen molar-refractivity contribution in [3.05, 3.63) is 0 Å². The van der Waals surface area contributed by atoms with Gasteiger partial charge in [-0.25, -0.2) is 4.79 Å². The standard InChI is InChI=1S/C17H31N5O9/c1-8(24)13(19)16(29)21-10(6-12(25)26)15(28)20-9(4-2-3-5-18)14(27)22-11(7-23)17(30)31/h8-11,13,23-24H,2-7,18-19H2,1H3,(H,20,28)(H,21,29)(H,22,27)(H,25,26)(H,30,31). The molecule has 31 heavy (non-hydrogen) atoms. The van der Waals surface area contributed by atoms with Crippen molar-refractivity contribution in [2.75, 3.05) is 13.2 Å². The molecule has 0 rings (SSSR count). The number of rotatable bonds is 15. The van der Waals surface area contributed by atoms with Crippen molar-refractivity contribution in [1.29, 1.82) is 0 Å². The van der Waals surface area contributed by atoms with Crippen LogP contribution in [0.5, 0.6) is 0 Å². The Morgan fingerprint density at radius 1 is 0.871 bits per heavy atom. The fourth-order valence-electron chi connectivity index (χ4n) is 2.36. The average molecular weight is 449 g/mol. The molecule has 0 saturated carbocycles. The number of aliphatic hydroxyl groups excluding tert-OH is 2. The first-order valence-corrected chi connectivity index (χ1v) is 9.54. The van der Waals surface area contributed by atoms with Crippen molar-refractivity contribution in [2.24, 2.45) is 11.5 Å². The lowest BCUT2D eigenvalue weighted by molar-refractivity contribution is -0.144. The molecule has 0 aromatic rings. The Balaban J connectivity index is 5.44. The molecule has 5 unspecified atom stereocenters. The fourth-order valence-corrected chi connectivity index (χ4v) is 2.36. The molecule has 0 spiro atoms. The Morgan fingerprint density at radius 2 is 1.39 bits per heavy atom. The van der Waals surface area contributed by atoms with Crippen LogP contribution in [-0.2, 0) is 24.0 Å². The summed E-state index contributed by atoms with van der Waals surface area (Å²) in [7, 11) is 0. The van der Waals surface area contributed by atoms with Crippen molar-refractivity contribution in [3.8, 4) is 0 Å². The zero-order chi connectivity index (χ0) is 24.1. The fraction of sp³-hybridized carbons (Fsp3) is 0.706. The maximum absolute atomic E-state index is 12.6. The molecule has 0 aliphatic rings. The highest BCUT2D eigenvalue weighted by Gasteiger charge is 2.31. The summed E-state index contributed by atoms with van der Waals surface area (Å²) in [6.07, 6.45) is -1.21. The van der Waals surface area contributed by atoms with Crippen molar-refractivity contribution >= 4 is 29.7 Å². The first-order chi connectivity index (χ1) is 14.4. The molecule has 0 aromatic heterocycles. The number of nitrogens with two attached hydrogens (primary N) is 2. The summed E-state index contributed by atoms with van der Waals surface area (Å²) in [4.78, 5) is 59.1. The summed E-state index contributed by atoms with van der Waals surface area (Å²) in [5.74, 6) is -5.86. The topological polar surface area (TPSA) is 254 Å². The summed E-state index contributed by atoms with van der Waals surface area (Å²) in [5, 5.41) is 42.9. The maximum atomic E-state index is 12.6. The van der Waals surface area contributed by atoms with Gasteiger partial charge < -0.3 is 47.8 Å². The third kappa shape index (κ3) is 10.7. The monoisotopic (exact) mass is 449 g/mol. The summed E-state index contributed by atoms with van der Waals surface area (Å²) in [6.45, 7) is 0.638. The molecule has 0 heterocycles. The molecule has 0 aromatic carbocycles. The van der Waals surface area contributed by atoms with Gasteiger partial charge in [0.2, 0.25) is 17.7 Å². The van der Waals surface area contributed by atoms with Crippen LogP contribution in [0, 0.1) is 0 Å². The summed E-state index contributed by atoms with van der Waals surface area (Å²) < 4.78 is 0. The first kappa shape index (κ1) is 28.2. The van der Waals surface area contributed by atoms with E-state index in [1.165, 1.54) is 6.92 Å². The lowest BCUT2D eigenvalue weighted by atomic mass is 10.1. The highest BCUT2D eigenvalue weighted by atomic mass is 16.4. The van der Waals surface area contributed by atoms with E-state index in [1.807, 2.05) is 0 Å². The van der Waals surface area contributed by atoms with E-state index < -0.39 is 73.0 Å². The Bertz CT molecular complexity index is 643. The normalized spacial score (nSPS) is 15.6. The number of aliphatic carboxylic acids is 2. The van der Waals surface area contributed by atoms with Crippen LogP contribution in [0.4, 0.5) is 0 Å². The number of carbonyl (C=O) groups excluding carboxylic acids is 3. The molecular formula is C17H31N5O9. The molecule has 178 valence electrons. The Morgan fingerprint density at radius 3 is 1.84 bits per heavy atom. The number of hydrogen-bond donors (Lipinski definition) is 9. The van der Waals surface area contributed by atoms with Gasteiger partial charge in [-0.15, -0.1) is 0 Å². The lowest BCUT2D eigenvalue weighted by Gasteiger charge is -2.24. The van der Waals surface area contributed by atoms with Gasteiger partial charge in [-0.3, -0.25) is 19.2 Å². The van der Waals surface area contributed by atoms with Gasteiger partial charge in [0, 0.05) is 0 Å². The van der Waals surface area contributed by atoms with Crippen LogP contribution >= 0.6 is 0 Å². The molecule has 14 heteroatoms. The Labute approximate surface area is 178 Å². The number of carboxylic acid groups (broad SMARTS) is 2. The second kappa shape index (κ2) is 14.2. The summed E-state index contributed by atoms with van der Waals surface area (Å²) >= 11 is 0. The highest BCUT2D eigenvalue weighted by Crippen LogP contribution is 2.04. The van der Waals surface area contributed by atoms with E-state index >= 15 is 0 Å². The van der Waals surface area contributed by atoms with E-state index in [-0.39, 0.29) is 6.42 Å². The van der Waals surface area contributed by atoms with E-state index in [0.29, 0.717) is 19.4 Å². The molecule has 11 N–H and O–H groups in total. The number of nitrogens with one attached hydrogen (secondary N) is 3. The van der Waals surface area contributed by atoms with E-state index in [4.69, 9.17) is 26.8 Å². The van der Waals surface area contributed by atoms with Crippen LogP contribution in [0.15, 0.2) is 0 Å². The SMILES string of the molecule is CC(O)C(N)C(=O)NC(CC(=O)O)C(=O)NC(CCCCN)C(=O)NC(CO)C(=O)O. The first-order valence-electron chi connectivity index (χ1n) is 9.54. The van der Waals surface area contributed by atoms with E-state index in [9.17, 15) is 29.1 Å². The van der Waals surface area contributed by atoms with Crippen LogP contribution < -0.4 is 27.4 Å². The van der Waals surface area contributed by atoms with Crippen LogP contribution in [0.1, 0.15) is 32.6 Å². The highest BCUT2D eigenvalue weighted by molar-refractivity contribution is 5.95. The van der Waals surface area contributed by atoms with Gasteiger partial charge in [-0.2, -0.15) is 0 Å². The average Bonchev–Trinajstić information content (AvgIpc) is 2.69. The Kier molecular flexibility index (Phi) is 12.9. The van der Waals surface area contributed by atoms with Crippen molar-refractivity contribution in [2.45, 2.75) is 62.9 Å². The molecule has 3 amide bonds. The number of carbonyl (C=O) groups is 5. The minimum atomic E-state index is -1.62. The molecule has 0 saturated heterocycles. The van der Waals surface area contributed by atoms with Crippen molar-refractivity contribution < 1.29 is 44.4 Å². The molecular weight excluding hydrogens is 418 g/mol. The lowest BCUT2D eigenvalue weighted by Crippen LogP contribution is -2.58. The van der Waals surface area contributed by atoms with Gasteiger partial charge in [0.25, 0.3) is 0 Å². The van der Waals surface area contributed by atoms with Crippen molar-refractivity contribution in [1.82, 2.24) is 16.0 Å². The quantitative estimate of drug-likeness (QED) is 0.108. The van der Waals surface area contributed by atoms with Crippen molar-refractivity contribution in [3.63, 3.8) is 0 Å². The van der Waals surface area contributed by atoms with Gasteiger partial charge in [0.1, 0.15) is 24.2 Å². The summed E-state index contributed by atoms with van der Waals surface area (Å²) in [5.41, 5.74) is 10.9. The second-order valence-electron chi connectivity index (χ2n) is 6.85. The molecule has 0 radical (unpaired) electrons. The molecule has 0 aliphatic heterocycles. The third-order valence-electron chi connectivity index (χ3n) is 4.21. The number of hydrogen-bond acceptors (Lipinski definition) is 9. The number of amides is 3. The molecule has 0 aliphatic carbocycles. The summed E-state index contributed by atoms with van der Waals surface area (Å²) in [6, 6.07) is -5.94. The van der Waals surface area contributed by atoms with Crippen LogP contribution in [0.2, 0.25) is 0 Å². The third-order valence-corrected chi connectivity index (χ3v) is 4.21. The molecule has 5 atom stereocenters. The zero-order valence-electron chi connectivity index (χ0n) is 17.1. The number of unbranched alkanes of at least 4 members (excludes halogenated alkanes) is 1. The molecule has 14 nitrogen and oxygen atoms in total. The van der Waals surface area contributed by atoms with Gasteiger partial charge in [0.15, 0.2) is 0 Å².